The quantitative estimate of drug-likeness (QED) is 0.869. The van der Waals surface area contributed by atoms with Crippen molar-refractivity contribution in [1.29, 1.82) is 0 Å². The zero-order valence-electron chi connectivity index (χ0n) is 10.7. The molecule has 1 nitrogen and oxygen atoms in total. The number of rotatable bonds is 3. The summed E-state index contributed by atoms with van der Waals surface area (Å²) in [5.74, 6) is -0.794. The molecule has 0 saturated carbocycles. The summed E-state index contributed by atoms with van der Waals surface area (Å²) in [6.07, 6.45) is 0. The minimum absolute atomic E-state index is 0.0256. The maximum Gasteiger partial charge on any atom is 0.125 e. The third-order valence-electron chi connectivity index (χ3n) is 3.09. The molecule has 0 bridgehead atoms. The second-order valence-electron chi connectivity index (χ2n) is 4.40. The van der Waals surface area contributed by atoms with Gasteiger partial charge in [0.25, 0.3) is 0 Å². The van der Waals surface area contributed by atoms with E-state index in [9.17, 15) is 8.78 Å². The van der Waals surface area contributed by atoms with Crippen LogP contribution in [0.25, 0.3) is 11.1 Å². The zero-order chi connectivity index (χ0) is 14.0. The van der Waals surface area contributed by atoms with Crippen LogP contribution in [0.3, 0.4) is 0 Å². The summed E-state index contributed by atoms with van der Waals surface area (Å²) in [4.78, 5) is 0. The van der Waals surface area contributed by atoms with Crippen LogP contribution in [-0.2, 0) is 0 Å². The smallest absolute Gasteiger partial charge is 0.125 e. The summed E-state index contributed by atoms with van der Waals surface area (Å²) < 4.78 is 26.9. The predicted octanol–water partition coefficient (Wildman–Crippen LogP) is 4.57. The third kappa shape index (κ3) is 3.11. The minimum Gasteiger partial charge on any atom is -0.313 e. The lowest BCUT2D eigenvalue weighted by atomic mass is 9.95. The molecule has 1 unspecified atom stereocenters. The normalized spacial score (nSPS) is 12.5. The third-order valence-corrected chi connectivity index (χ3v) is 3.31. The SMILES string of the molecule is CNC(C)c1ccc(F)cc1-c1cc(F)cc(Cl)c1. The van der Waals surface area contributed by atoms with E-state index in [2.05, 4.69) is 5.32 Å². The highest BCUT2D eigenvalue weighted by molar-refractivity contribution is 6.30. The van der Waals surface area contributed by atoms with Crippen LogP contribution >= 0.6 is 11.6 Å². The topological polar surface area (TPSA) is 12.0 Å². The first-order valence-corrected chi connectivity index (χ1v) is 6.32. The van der Waals surface area contributed by atoms with E-state index in [0.29, 0.717) is 16.1 Å². The Labute approximate surface area is 116 Å². The van der Waals surface area contributed by atoms with E-state index in [1.54, 1.807) is 12.1 Å². The number of halogens is 3. The first-order chi connectivity index (χ1) is 9.01. The molecule has 0 radical (unpaired) electrons. The summed E-state index contributed by atoms with van der Waals surface area (Å²) in [6.45, 7) is 1.96. The van der Waals surface area contributed by atoms with Crippen molar-refractivity contribution in [3.05, 3.63) is 58.6 Å². The highest BCUT2D eigenvalue weighted by Crippen LogP contribution is 2.31. The number of hydrogen-bond donors (Lipinski definition) is 1. The van der Waals surface area contributed by atoms with Crippen LogP contribution in [0, 0.1) is 11.6 Å². The largest absolute Gasteiger partial charge is 0.313 e. The van der Waals surface area contributed by atoms with Gasteiger partial charge in [-0.15, -0.1) is 0 Å². The van der Waals surface area contributed by atoms with Crippen molar-refractivity contribution in [3.8, 4) is 11.1 Å². The fourth-order valence-electron chi connectivity index (χ4n) is 2.02. The van der Waals surface area contributed by atoms with Crippen LogP contribution in [0.1, 0.15) is 18.5 Å². The van der Waals surface area contributed by atoms with E-state index >= 15 is 0 Å². The summed E-state index contributed by atoms with van der Waals surface area (Å²) >= 11 is 5.86. The number of benzene rings is 2. The molecule has 0 aliphatic rings. The van der Waals surface area contributed by atoms with Gasteiger partial charge in [0.05, 0.1) is 0 Å². The van der Waals surface area contributed by atoms with Crippen LogP contribution in [0.2, 0.25) is 5.02 Å². The molecule has 19 heavy (non-hydrogen) atoms. The second-order valence-corrected chi connectivity index (χ2v) is 4.84. The van der Waals surface area contributed by atoms with Crippen molar-refractivity contribution in [2.75, 3.05) is 7.05 Å². The summed E-state index contributed by atoms with van der Waals surface area (Å²) in [5, 5.41) is 3.38. The van der Waals surface area contributed by atoms with Gasteiger partial charge in [0, 0.05) is 11.1 Å². The van der Waals surface area contributed by atoms with E-state index in [0.717, 1.165) is 5.56 Å². The van der Waals surface area contributed by atoms with Crippen molar-refractivity contribution >= 4 is 11.6 Å². The number of hydrogen-bond acceptors (Lipinski definition) is 1. The fraction of sp³-hybridized carbons (Fsp3) is 0.200. The van der Waals surface area contributed by atoms with Gasteiger partial charge in [0.1, 0.15) is 11.6 Å². The molecule has 0 fully saturated rings. The molecule has 0 aliphatic heterocycles. The Balaban J connectivity index is 2.62. The monoisotopic (exact) mass is 281 g/mol. The van der Waals surface area contributed by atoms with E-state index in [1.807, 2.05) is 14.0 Å². The van der Waals surface area contributed by atoms with Crippen LogP contribution in [-0.4, -0.2) is 7.05 Å². The molecule has 2 aromatic rings. The average molecular weight is 282 g/mol. The number of nitrogens with one attached hydrogen (secondary N) is 1. The molecule has 0 spiro atoms. The zero-order valence-corrected chi connectivity index (χ0v) is 11.4. The maximum absolute atomic E-state index is 13.5. The van der Waals surface area contributed by atoms with Gasteiger partial charge < -0.3 is 5.32 Å². The molecular formula is C15H14ClF2N. The highest BCUT2D eigenvalue weighted by atomic mass is 35.5. The van der Waals surface area contributed by atoms with Crippen LogP contribution in [0.4, 0.5) is 8.78 Å². The van der Waals surface area contributed by atoms with E-state index in [-0.39, 0.29) is 11.9 Å². The second kappa shape index (κ2) is 5.68. The molecule has 100 valence electrons. The predicted molar refractivity (Wildman–Crippen MR) is 74.3 cm³/mol. The van der Waals surface area contributed by atoms with E-state index < -0.39 is 5.82 Å². The van der Waals surface area contributed by atoms with Gasteiger partial charge in [-0.1, -0.05) is 17.7 Å². The summed E-state index contributed by atoms with van der Waals surface area (Å²) in [6, 6.07) is 8.73. The molecule has 0 aromatic heterocycles. The molecule has 0 saturated heterocycles. The average Bonchev–Trinajstić information content (AvgIpc) is 2.36. The van der Waals surface area contributed by atoms with Crippen LogP contribution < -0.4 is 5.32 Å². The molecule has 0 aliphatic carbocycles. The Morgan fingerprint density at radius 2 is 1.79 bits per heavy atom. The Kier molecular flexibility index (Phi) is 4.17. The Bertz CT molecular complexity index is 578. The van der Waals surface area contributed by atoms with Gasteiger partial charge in [-0.2, -0.15) is 0 Å². The molecule has 2 rings (SSSR count). The van der Waals surface area contributed by atoms with Crippen molar-refractivity contribution in [2.45, 2.75) is 13.0 Å². The Hall–Kier alpha value is -1.45. The first-order valence-electron chi connectivity index (χ1n) is 5.94. The van der Waals surface area contributed by atoms with Gasteiger partial charge in [0.15, 0.2) is 0 Å². The first kappa shape index (κ1) is 14.0. The van der Waals surface area contributed by atoms with Gasteiger partial charge in [-0.25, -0.2) is 8.78 Å². The van der Waals surface area contributed by atoms with Crippen molar-refractivity contribution in [1.82, 2.24) is 5.32 Å². The van der Waals surface area contributed by atoms with Crippen molar-refractivity contribution in [2.24, 2.45) is 0 Å². The van der Waals surface area contributed by atoms with Gasteiger partial charge in [-0.3, -0.25) is 0 Å². The molecular weight excluding hydrogens is 268 g/mol. The van der Waals surface area contributed by atoms with Crippen molar-refractivity contribution in [3.63, 3.8) is 0 Å². The molecule has 0 amide bonds. The lowest BCUT2D eigenvalue weighted by Crippen LogP contribution is -2.13. The Morgan fingerprint density at radius 1 is 1.05 bits per heavy atom. The standard InChI is InChI=1S/C15H14ClF2N/c1-9(19-2)14-4-3-12(17)8-15(14)10-5-11(16)7-13(18)6-10/h3-9,19H,1-2H3. The van der Waals surface area contributed by atoms with Crippen LogP contribution in [0.15, 0.2) is 36.4 Å². The summed E-state index contributed by atoms with van der Waals surface area (Å²) in [5.41, 5.74) is 2.11. The van der Waals surface area contributed by atoms with Gasteiger partial charge in [-0.05, 0) is 61.0 Å². The highest BCUT2D eigenvalue weighted by Gasteiger charge is 2.13. The summed E-state index contributed by atoms with van der Waals surface area (Å²) in [7, 11) is 1.82. The lowest BCUT2D eigenvalue weighted by Gasteiger charge is -2.16. The molecule has 4 heteroatoms. The van der Waals surface area contributed by atoms with Crippen LogP contribution in [0.5, 0.6) is 0 Å². The molecule has 2 aromatic carbocycles. The van der Waals surface area contributed by atoms with Crippen molar-refractivity contribution < 1.29 is 8.78 Å². The fourth-order valence-corrected chi connectivity index (χ4v) is 2.24. The van der Waals surface area contributed by atoms with E-state index in [4.69, 9.17) is 11.6 Å². The molecule has 1 atom stereocenters. The minimum atomic E-state index is -0.435. The van der Waals surface area contributed by atoms with Gasteiger partial charge >= 0.3 is 0 Å². The Morgan fingerprint density at radius 3 is 2.42 bits per heavy atom. The van der Waals surface area contributed by atoms with E-state index in [1.165, 1.54) is 24.3 Å². The lowest BCUT2D eigenvalue weighted by molar-refractivity contribution is 0.618. The molecule has 1 N–H and O–H groups in total. The van der Waals surface area contributed by atoms with Gasteiger partial charge in [0.2, 0.25) is 0 Å². The molecule has 0 heterocycles. The maximum atomic E-state index is 13.5.